The summed E-state index contributed by atoms with van der Waals surface area (Å²) in [7, 11) is 0. The van der Waals surface area contributed by atoms with E-state index in [0.717, 1.165) is 18.6 Å². The number of carbonyl (C=O) groups is 1. The molecule has 0 spiro atoms. The van der Waals surface area contributed by atoms with E-state index in [0.29, 0.717) is 18.1 Å². The zero-order valence-electron chi connectivity index (χ0n) is 7.77. The Morgan fingerprint density at radius 3 is 3.00 bits per heavy atom. The van der Waals surface area contributed by atoms with Gasteiger partial charge in [0.2, 0.25) is 0 Å². The van der Waals surface area contributed by atoms with Gasteiger partial charge in [-0.3, -0.25) is 0 Å². The molecule has 74 valence electrons. The third-order valence-electron chi connectivity index (χ3n) is 2.53. The van der Waals surface area contributed by atoms with Crippen LogP contribution in [0.15, 0.2) is 24.3 Å². The largest absolute Gasteiger partial charge is 0.478 e. The Hall–Kier alpha value is -1.35. The van der Waals surface area contributed by atoms with Gasteiger partial charge in [0.15, 0.2) is 0 Å². The molecule has 3 heteroatoms. The van der Waals surface area contributed by atoms with E-state index >= 15 is 0 Å². The molecule has 0 saturated carbocycles. The molecule has 2 rings (SSSR count). The molecule has 1 N–H and O–H groups in total. The van der Waals surface area contributed by atoms with Crippen molar-refractivity contribution >= 4 is 5.97 Å². The summed E-state index contributed by atoms with van der Waals surface area (Å²) >= 11 is 0. The Labute approximate surface area is 82.3 Å². The maximum atomic E-state index is 10.7. The first-order valence-corrected chi connectivity index (χ1v) is 4.68. The average molecular weight is 192 g/mol. The van der Waals surface area contributed by atoms with Crippen molar-refractivity contribution < 1.29 is 14.6 Å². The molecule has 1 aliphatic heterocycles. The van der Waals surface area contributed by atoms with E-state index < -0.39 is 5.97 Å². The molecule has 14 heavy (non-hydrogen) atoms. The Morgan fingerprint density at radius 1 is 1.50 bits per heavy atom. The van der Waals surface area contributed by atoms with Gasteiger partial charge in [0.1, 0.15) is 0 Å². The lowest BCUT2D eigenvalue weighted by atomic mass is 9.97. The molecule has 1 saturated heterocycles. The van der Waals surface area contributed by atoms with Gasteiger partial charge in [-0.1, -0.05) is 12.1 Å². The van der Waals surface area contributed by atoms with Gasteiger partial charge in [0.25, 0.3) is 0 Å². The second-order valence-electron chi connectivity index (χ2n) is 3.49. The molecule has 1 aromatic carbocycles. The number of ether oxygens (including phenoxy) is 1. The number of benzene rings is 1. The van der Waals surface area contributed by atoms with Crippen molar-refractivity contribution in [3.63, 3.8) is 0 Å². The van der Waals surface area contributed by atoms with E-state index in [1.807, 2.05) is 6.07 Å². The summed E-state index contributed by atoms with van der Waals surface area (Å²) in [5.74, 6) is -0.500. The van der Waals surface area contributed by atoms with Crippen LogP contribution in [-0.2, 0) is 4.74 Å². The topological polar surface area (TPSA) is 46.5 Å². The molecule has 0 aromatic heterocycles. The van der Waals surface area contributed by atoms with E-state index in [4.69, 9.17) is 9.84 Å². The van der Waals surface area contributed by atoms with Crippen molar-refractivity contribution in [1.29, 1.82) is 0 Å². The second kappa shape index (κ2) is 3.80. The Kier molecular flexibility index (Phi) is 2.50. The van der Waals surface area contributed by atoms with Gasteiger partial charge in [-0.25, -0.2) is 4.79 Å². The molecule has 0 aliphatic carbocycles. The van der Waals surface area contributed by atoms with E-state index in [2.05, 4.69) is 0 Å². The lowest BCUT2D eigenvalue weighted by Crippen LogP contribution is -2.01. The third kappa shape index (κ3) is 1.77. The molecule has 1 fully saturated rings. The second-order valence-corrected chi connectivity index (χ2v) is 3.49. The maximum Gasteiger partial charge on any atom is 0.335 e. The van der Waals surface area contributed by atoms with Gasteiger partial charge in [-0.15, -0.1) is 0 Å². The average Bonchev–Trinajstić information content (AvgIpc) is 2.71. The van der Waals surface area contributed by atoms with Crippen molar-refractivity contribution in [3.05, 3.63) is 35.4 Å². The summed E-state index contributed by atoms with van der Waals surface area (Å²) in [6, 6.07) is 7.10. The molecule has 1 atom stereocenters. The number of carboxylic acid groups (broad SMARTS) is 1. The highest BCUT2D eigenvalue weighted by Crippen LogP contribution is 2.25. The van der Waals surface area contributed by atoms with E-state index in [1.165, 1.54) is 0 Å². The highest BCUT2D eigenvalue weighted by Gasteiger charge is 2.18. The first-order valence-electron chi connectivity index (χ1n) is 4.68. The normalized spacial score (nSPS) is 21.0. The van der Waals surface area contributed by atoms with Crippen LogP contribution in [0, 0.1) is 0 Å². The zero-order chi connectivity index (χ0) is 9.97. The fourth-order valence-corrected chi connectivity index (χ4v) is 1.72. The summed E-state index contributed by atoms with van der Waals surface area (Å²) < 4.78 is 5.26. The Balaban J connectivity index is 2.25. The van der Waals surface area contributed by atoms with Crippen LogP contribution in [0.2, 0.25) is 0 Å². The van der Waals surface area contributed by atoms with Crippen molar-refractivity contribution in [2.75, 3.05) is 13.2 Å². The number of hydrogen-bond donors (Lipinski definition) is 1. The molecule has 0 radical (unpaired) electrons. The lowest BCUT2D eigenvalue weighted by molar-refractivity contribution is 0.0696. The zero-order valence-corrected chi connectivity index (χ0v) is 7.77. The summed E-state index contributed by atoms with van der Waals surface area (Å²) in [6.07, 6.45) is 0.989. The highest BCUT2D eigenvalue weighted by molar-refractivity contribution is 5.87. The first kappa shape index (κ1) is 9.21. The van der Waals surface area contributed by atoms with Crippen LogP contribution in [0.5, 0.6) is 0 Å². The van der Waals surface area contributed by atoms with Crippen LogP contribution in [0.1, 0.15) is 28.3 Å². The molecule has 1 aliphatic rings. The fraction of sp³-hybridized carbons (Fsp3) is 0.364. The summed E-state index contributed by atoms with van der Waals surface area (Å²) in [5, 5.41) is 8.82. The van der Waals surface area contributed by atoms with E-state index in [9.17, 15) is 4.79 Å². The molecule has 1 heterocycles. The molecular formula is C11H12O3. The lowest BCUT2D eigenvalue weighted by Gasteiger charge is -2.07. The molecule has 0 amide bonds. The standard InChI is InChI=1S/C11H12O3/c12-11(13)9-3-1-2-8(6-9)10-4-5-14-7-10/h1-3,6,10H,4-5,7H2,(H,12,13). The number of hydrogen-bond acceptors (Lipinski definition) is 2. The van der Waals surface area contributed by atoms with Gasteiger partial charge in [0, 0.05) is 12.5 Å². The first-order chi connectivity index (χ1) is 6.77. The van der Waals surface area contributed by atoms with Gasteiger partial charge >= 0.3 is 5.97 Å². The summed E-state index contributed by atoms with van der Waals surface area (Å²) in [4.78, 5) is 10.7. The molecule has 3 nitrogen and oxygen atoms in total. The summed E-state index contributed by atoms with van der Waals surface area (Å²) in [5.41, 5.74) is 1.43. The molecule has 1 aromatic rings. The van der Waals surface area contributed by atoms with Crippen LogP contribution < -0.4 is 0 Å². The number of aromatic carboxylic acids is 1. The number of carboxylic acids is 1. The Bertz CT molecular complexity index is 340. The molecular weight excluding hydrogens is 180 g/mol. The van der Waals surface area contributed by atoms with Gasteiger partial charge < -0.3 is 9.84 Å². The minimum Gasteiger partial charge on any atom is -0.478 e. The van der Waals surface area contributed by atoms with E-state index in [-0.39, 0.29) is 0 Å². The van der Waals surface area contributed by atoms with Crippen molar-refractivity contribution in [2.24, 2.45) is 0 Å². The number of rotatable bonds is 2. The van der Waals surface area contributed by atoms with Crippen molar-refractivity contribution in [3.8, 4) is 0 Å². The van der Waals surface area contributed by atoms with Crippen LogP contribution in [0.25, 0.3) is 0 Å². The SMILES string of the molecule is O=C(O)c1cccc(C2CCOC2)c1. The monoisotopic (exact) mass is 192 g/mol. The van der Waals surface area contributed by atoms with Gasteiger partial charge in [-0.2, -0.15) is 0 Å². The smallest absolute Gasteiger partial charge is 0.335 e. The highest BCUT2D eigenvalue weighted by atomic mass is 16.5. The van der Waals surface area contributed by atoms with Crippen LogP contribution in [0.4, 0.5) is 0 Å². The molecule has 0 bridgehead atoms. The van der Waals surface area contributed by atoms with Crippen molar-refractivity contribution in [2.45, 2.75) is 12.3 Å². The minimum atomic E-state index is -0.870. The summed E-state index contributed by atoms with van der Waals surface area (Å²) in [6.45, 7) is 1.49. The van der Waals surface area contributed by atoms with Crippen LogP contribution in [-0.4, -0.2) is 24.3 Å². The predicted molar refractivity (Wildman–Crippen MR) is 51.6 cm³/mol. The molecule has 1 unspecified atom stereocenters. The minimum absolute atomic E-state index is 0.356. The quantitative estimate of drug-likeness (QED) is 0.778. The van der Waals surface area contributed by atoms with Gasteiger partial charge in [0.05, 0.1) is 12.2 Å². The maximum absolute atomic E-state index is 10.7. The van der Waals surface area contributed by atoms with Gasteiger partial charge in [-0.05, 0) is 24.1 Å². The van der Waals surface area contributed by atoms with Crippen LogP contribution in [0.3, 0.4) is 0 Å². The fourth-order valence-electron chi connectivity index (χ4n) is 1.72. The van der Waals surface area contributed by atoms with E-state index in [1.54, 1.807) is 18.2 Å². The third-order valence-corrected chi connectivity index (χ3v) is 2.53. The Morgan fingerprint density at radius 2 is 2.36 bits per heavy atom. The van der Waals surface area contributed by atoms with Crippen molar-refractivity contribution in [1.82, 2.24) is 0 Å². The predicted octanol–water partition coefficient (Wildman–Crippen LogP) is 1.89. The van der Waals surface area contributed by atoms with Crippen LogP contribution >= 0.6 is 0 Å².